The van der Waals surface area contributed by atoms with Crippen LogP contribution in [0.3, 0.4) is 0 Å². The van der Waals surface area contributed by atoms with E-state index in [2.05, 4.69) is 28.6 Å². The summed E-state index contributed by atoms with van der Waals surface area (Å²) in [6.07, 6.45) is 7.53. The standard InChI is InChI=1S/C21H26N4O2.C5H8/c1-23-21-18(15-22)4-2-5-19(21)25-12-3-11-24-13-10-16-6-8-17(9-7-16)14-20(26)27;1-3-5-4-2/h2,4-9,23-25H,3,10-14H2,1H3,(H,26,27);3-5H,1H2,2H3/b;5-4-. The summed E-state index contributed by atoms with van der Waals surface area (Å²) in [6.45, 7) is 8.02. The van der Waals surface area contributed by atoms with Crippen molar-refractivity contribution in [3.05, 3.63) is 84.0 Å². The molecular formula is C26H34N4O2. The van der Waals surface area contributed by atoms with Crippen molar-refractivity contribution in [1.82, 2.24) is 5.32 Å². The van der Waals surface area contributed by atoms with Crippen molar-refractivity contribution < 1.29 is 9.90 Å². The third kappa shape index (κ3) is 10.5. The summed E-state index contributed by atoms with van der Waals surface area (Å²) < 4.78 is 0. The first kappa shape index (κ1) is 26.5. The summed E-state index contributed by atoms with van der Waals surface area (Å²) in [5.74, 6) is -0.806. The maximum absolute atomic E-state index is 10.7. The van der Waals surface area contributed by atoms with Crippen LogP contribution in [0.25, 0.3) is 0 Å². The predicted octanol–water partition coefficient (Wildman–Crippen LogP) is 4.61. The molecule has 0 spiro atoms. The topological polar surface area (TPSA) is 97.2 Å². The highest BCUT2D eigenvalue weighted by Crippen LogP contribution is 2.24. The van der Waals surface area contributed by atoms with Gasteiger partial charge < -0.3 is 21.1 Å². The highest BCUT2D eigenvalue weighted by Gasteiger charge is 2.05. The van der Waals surface area contributed by atoms with Crippen molar-refractivity contribution in [2.24, 2.45) is 0 Å². The van der Waals surface area contributed by atoms with E-state index in [-0.39, 0.29) is 6.42 Å². The van der Waals surface area contributed by atoms with E-state index in [4.69, 9.17) is 10.4 Å². The number of hydrogen-bond donors (Lipinski definition) is 4. The fourth-order valence-electron chi connectivity index (χ4n) is 2.99. The molecule has 0 saturated heterocycles. The number of nitrogens with one attached hydrogen (secondary N) is 3. The third-order valence-corrected chi connectivity index (χ3v) is 4.58. The number of hydrogen-bond acceptors (Lipinski definition) is 5. The Hall–Kier alpha value is -3.56. The van der Waals surface area contributed by atoms with E-state index < -0.39 is 5.97 Å². The Labute approximate surface area is 191 Å². The van der Waals surface area contributed by atoms with Gasteiger partial charge in [0.1, 0.15) is 6.07 Å². The van der Waals surface area contributed by atoms with Crippen molar-refractivity contribution in [3.8, 4) is 6.07 Å². The summed E-state index contributed by atoms with van der Waals surface area (Å²) in [5, 5.41) is 27.8. The maximum atomic E-state index is 10.7. The Kier molecular flexibility index (Phi) is 13.4. The normalized spacial score (nSPS) is 10.0. The van der Waals surface area contributed by atoms with Crippen LogP contribution in [0.15, 0.2) is 67.3 Å². The zero-order chi connectivity index (χ0) is 23.6. The minimum Gasteiger partial charge on any atom is -0.481 e. The molecule has 0 atom stereocenters. The molecule has 0 aliphatic heterocycles. The fourth-order valence-corrected chi connectivity index (χ4v) is 2.99. The average molecular weight is 435 g/mol. The Bertz CT molecular complexity index is 899. The van der Waals surface area contributed by atoms with Crippen LogP contribution in [0.2, 0.25) is 0 Å². The molecule has 6 nitrogen and oxygen atoms in total. The second-order valence-electron chi connectivity index (χ2n) is 7.02. The van der Waals surface area contributed by atoms with E-state index >= 15 is 0 Å². The van der Waals surface area contributed by atoms with Gasteiger partial charge >= 0.3 is 5.97 Å². The van der Waals surface area contributed by atoms with Crippen LogP contribution in [-0.4, -0.2) is 37.8 Å². The fraction of sp³-hybridized carbons (Fsp3) is 0.308. The number of carbonyl (C=O) groups is 1. The number of carboxylic acid groups (broad SMARTS) is 1. The van der Waals surface area contributed by atoms with Crippen LogP contribution in [0, 0.1) is 11.3 Å². The maximum Gasteiger partial charge on any atom is 0.307 e. The van der Waals surface area contributed by atoms with Crippen molar-refractivity contribution in [3.63, 3.8) is 0 Å². The van der Waals surface area contributed by atoms with E-state index in [1.807, 2.05) is 62.5 Å². The number of para-hydroxylation sites is 1. The molecule has 0 unspecified atom stereocenters. The first-order chi connectivity index (χ1) is 15.5. The van der Waals surface area contributed by atoms with Crippen molar-refractivity contribution in [1.29, 1.82) is 5.26 Å². The lowest BCUT2D eigenvalue weighted by Gasteiger charge is -2.13. The van der Waals surface area contributed by atoms with E-state index in [1.54, 1.807) is 12.1 Å². The van der Waals surface area contributed by atoms with E-state index in [0.29, 0.717) is 5.56 Å². The van der Waals surface area contributed by atoms with Gasteiger partial charge in [0.05, 0.1) is 23.4 Å². The second kappa shape index (κ2) is 16.2. The van der Waals surface area contributed by atoms with Crippen LogP contribution < -0.4 is 16.0 Å². The van der Waals surface area contributed by atoms with Crippen molar-refractivity contribution >= 4 is 17.3 Å². The van der Waals surface area contributed by atoms with Gasteiger partial charge in [-0.1, -0.05) is 55.1 Å². The van der Waals surface area contributed by atoms with Crippen molar-refractivity contribution in [2.75, 3.05) is 37.3 Å². The number of nitrogens with zero attached hydrogens (tertiary/aromatic N) is 1. The Morgan fingerprint density at radius 1 is 1.12 bits per heavy atom. The summed E-state index contributed by atoms with van der Waals surface area (Å²) in [5.41, 5.74) is 4.43. The minimum atomic E-state index is -0.806. The van der Waals surface area contributed by atoms with Crippen LogP contribution in [-0.2, 0) is 17.6 Å². The van der Waals surface area contributed by atoms with Gasteiger partial charge in [-0.3, -0.25) is 4.79 Å². The van der Waals surface area contributed by atoms with Gasteiger partial charge in [0.25, 0.3) is 0 Å². The summed E-state index contributed by atoms with van der Waals surface area (Å²) in [4.78, 5) is 10.7. The van der Waals surface area contributed by atoms with E-state index in [1.165, 1.54) is 5.56 Å². The van der Waals surface area contributed by atoms with Gasteiger partial charge in [0.15, 0.2) is 0 Å². The number of carboxylic acids is 1. The zero-order valence-electron chi connectivity index (χ0n) is 19.0. The summed E-state index contributed by atoms with van der Waals surface area (Å²) in [6, 6.07) is 15.6. The Morgan fingerprint density at radius 2 is 1.84 bits per heavy atom. The van der Waals surface area contributed by atoms with Gasteiger partial charge in [-0.15, -0.1) is 0 Å². The third-order valence-electron chi connectivity index (χ3n) is 4.58. The van der Waals surface area contributed by atoms with Gasteiger partial charge in [-0.25, -0.2) is 0 Å². The van der Waals surface area contributed by atoms with Crippen LogP contribution in [0.5, 0.6) is 0 Å². The summed E-state index contributed by atoms with van der Waals surface area (Å²) in [7, 11) is 1.82. The molecule has 4 N–H and O–H groups in total. The first-order valence-corrected chi connectivity index (χ1v) is 10.7. The summed E-state index contributed by atoms with van der Waals surface area (Å²) >= 11 is 0. The predicted molar refractivity (Wildman–Crippen MR) is 133 cm³/mol. The van der Waals surface area contributed by atoms with Gasteiger partial charge in [-0.2, -0.15) is 5.26 Å². The van der Waals surface area contributed by atoms with Crippen molar-refractivity contribution in [2.45, 2.75) is 26.2 Å². The SMILES string of the molecule is C=C/C=C\C.CNc1c(C#N)cccc1NCCCNCCc1ccc(CC(=O)O)cc1. The molecule has 2 aromatic rings. The minimum absolute atomic E-state index is 0.0675. The van der Waals surface area contributed by atoms with E-state index in [9.17, 15) is 4.79 Å². The molecule has 0 aliphatic carbocycles. The molecule has 170 valence electrons. The molecule has 2 aromatic carbocycles. The molecule has 0 aliphatic rings. The second-order valence-corrected chi connectivity index (χ2v) is 7.02. The van der Waals surface area contributed by atoms with Gasteiger partial charge in [0.2, 0.25) is 0 Å². The molecule has 6 heteroatoms. The molecule has 0 aromatic heterocycles. The lowest BCUT2D eigenvalue weighted by Crippen LogP contribution is -2.20. The lowest BCUT2D eigenvalue weighted by atomic mass is 10.1. The van der Waals surface area contributed by atoms with E-state index in [0.717, 1.165) is 49.4 Å². The highest BCUT2D eigenvalue weighted by atomic mass is 16.4. The number of aliphatic carboxylic acids is 1. The monoisotopic (exact) mass is 434 g/mol. The Morgan fingerprint density at radius 3 is 2.41 bits per heavy atom. The number of anilines is 2. The molecule has 0 saturated carbocycles. The number of allylic oxidation sites excluding steroid dienone is 3. The zero-order valence-corrected chi connectivity index (χ0v) is 19.0. The number of nitriles is 1. The molecule has 0 fully saturated rings. The quantitative estimate of drug-likeness (QED) is 0.288. The highest BCUT2D eigenvalue weighted by molar-refractivity contribution is 5.75. The van der Waals surface area contributed by atoms with Gasteiger partial charge in [-0.05, 0) is 56.1 Å². The molecule has 32 heavy (non-hydrogen) atoms. The molecule has 2 rings (SSSR count). The average Bonchev–Trinajstić information content (AvgIpc) is 2.79. The molecule has 0 heterocycles. The lowest BCUT2D eigenvalue weighted by molar-refractivity contribution is -0.136. The van der Waals surface area contributed by atoms with Crippen LogP contribution >= 0.6 is 0 Å². The first-order valence-electron chi connectivity index (χ1n) is 10.7. The molecule has 0 radical (unpaired) electrons. The largest absolute Gasteiger partial charge is 0.481 e. The number of rotatable bonds is 12. The van der Waals surface area contributed by atoms with Crippen LogP contribution in [0.4, 0.5) is 11.4 Å². The number of benzene rings is 2. The van der Waals surface area contributed by atoms with Gasteiger partial charge in [0, 0.05) is 13.6 Å². The molecule has 0 amide bonds. The van der Waals surface area contributed by atoms with Crippen LogP contribution in [0.1, 0.15) is 30.0 Å². The molecular weight excluding hydrogens is 400 g/mol. The molecule has 0 bridgehead atoms. The smallest absolute Gasteiger partial charge is 0.307 e. The Balaban J connectivity index is 0.000000920.